The van der Waals surface area contributed by atoms with Crippen molar-refractivity contribution in [1.29, 1.82) is 0 Å². The van der Waals surface area contributed by atoms with E-state index in [4.69, 9.17) is 5.73 Å². The molecule has 1 saturated heterocycles. The van der Waals surface area contributed by atoms with Crippen molar-refractivity contribution < 1.29 is 4.79 Å². The summed E-state index contributed by atoms with van der Waals surface area (Å²) in [5.74, 6) is 0.127. The van der Waals surface area contributed by atoms with Gasteiger partial charge in [0, 0.05) is 6.54 Å². The van der Waals surface area contributed by atoms with Crippen LogP contribution in [0.5, 0.6) is 0 Å². The molecule has 1 aromatic rings. The summed E-state index contributed by atoms with van der Waals surface area (Å²) in [6.45, 7) is 3.66. The molecule has 0 radical (unpaired) electrons. The van der Waals surface area contributed by atoms with Crippen LogP contribution in [0, 0.1) is 12.8 Å². The highest BCUT2D eigenvalue weighted by molar-refractivity contribution is 5.95. The van der Waals surface area contributed by atoms with Crippen molar-refractivity contribution in [2.45, 2.75) is 13.3 Å². The van der Waals surface area contributed by atoms with Crippen LogP contribution in [0.25, 0.3) is 0 Å². The molecule has 1 amide bonds. The van der Waals surface area contributed by atoms with E-state index in [1.807, 2.05) is 25.1 Å². The summed E-state index contributed by atoms with van der Waals surface area (Å²) >= 11 is 0. The monoisotopic (exact) mass is 219 g/mol. The maximum Gasteiger partial charge on any atom is 0.228 e. The van der Waals surface area contributed by atoms with Crippen LogP contribution in [-0.2, 0) is 4.79 Å². The van der Waals surface area contributed by atoms with E-state index in [2.05, 4.69) is 10.6 Å². The van der Waals surface area contributed by atoms with Crippen molar-refractivity contribution in [2.75, 3.05) is 24.1 Å². The highest BCUT2D eigenvalue weighted by Crippen LogP contribution is 2.21. The Hall–Kier alpha value is -1.55. The van der Waals surface area contributed by atoms with Crippen LogP contribution in [-0.4, -0.2) is 19.0 Å². The lowest BCUT2D eigenvalue weighted by atomic mass is 10.1. The highest BCUT2D eigenvalue weighted by atomic mass is 16.1. The fourth-order valence-electron chi connectivity index (χ4n) is 1.89. The third-order valence-electron chi connectivity index (χ3n) is 2.90. The SMILES string of the molecule is Cc1ccc(N)c(NC(=O)C2CCNC2)c1. The first-order chi connectivity index (χ1) is 7.66. The average molecular weight is 219 g/mol. The molecule has 1 unspecified atom stereocenters. The largest absolute Gasteiger partial charge is 0.397 e. The second kappa shape index (κ2) is 4.53. The molecule has 1 fully saturated rings. The Balaban J connectivity index is 2.07. The average Bonchev–Trinajstić information content (AvgIpc) is 2.76. The molecule has 1 atom stereocenters. The van der Waals surface area contributed by atoms with Gasteiger partial charge >= 0.3 is 0 Å². The van der Waals surface area contributed by atoms with Crippen molar-refractivity contribution in [1.82, 2.24) is 5.32 Å². The zero-order valence-electron chi connectivity index (χ0n) is 9.42. The first-order valence-corrected chi connectivity index (χ1v) is 5.54. The number of anilines is 2. The Bertz CT molecular complexity index is 397. The van der Waals surface area contributed by atoms with E-state index in [-0.39, 0.29) is 11.8 Å². The van der Waals surface area contributed by atoms with Crippen LogP contribution >= 0.6 is 0 Å². The van der Waals surface area contributed by atoms with E-state index in [1.165, 1.54) is 0 Å². The normalized spacial score (nSPS) is 19.7. The lowest BCUT2D eigenvalue weighted by Crippen LogP contribution is -2.25. The molecular formula is C12H17N3O. The summed E-state index contributed by atoms with van der Waals surface area (Å²) in [6.07, 6.45) is 0.900. The van der Waals surface area contributed by atoms with Crippen molar-refractivity contribution in [2.24, 2.45) is 5.92 Å². The van der Waals surface area contributed by atoms with Gasteiger partial charge in [0.2, 0.25) is 5.91 Å². The number of nitrogens with two attached hydrogens (primary N) is 1. The van der Waals surface area contributed by atoms with Crippen LogP contribution < -0.4 is 16.4 Å². The second-order valence-corrected chi connectivity index (χ2v) is 4.27. The summed E-state index contributed by atoms with van der Waals surface area (Å²) in [6, 6.07) is 5.65. The Labute approximate surface area is 95.2 Å². The summed E-state index contributed by atoms with van der Waals surface area (Å²) in [5, 5.41) is 6.06. The summed E-state index contributed by atoms with van der Waals surface area (Å²) in [7, 11) is 0. The maximum absolute atomic E-state index is 11.9. The molecule has 86 valence electrons. The number of carbonyl (C=O) groups excluding carboxylic acids is 1. The fraction of sp³-hybridized carbons (Fsp3) is 0.417. The summed E-state index contributed by atoms with van der Waals surface area (Å²) in [4.78, 5) is 11.9. The number of aryl methyl sites for hydroxylation is 1. The van der Waals surface area contributed by atoms with Gasteiger partial charge < -0.3 is 16.4 Å². The van der Waals surface area contributed by atoms with Gasteiger partial charge in [0.1, 0.15) is 0 Å². The summed E-state index contributed by atoms with van der Waals surface area (Å²) < 4.78 is 0. The number of amides is 1. The molecule has 2 rings (SSSR count). The van der Waals surface area contributed by atoms with E-state index in [9.17, 15) is 4.79 Å². The molecule has 4 heteroatoms. The highest BCUT2D eigenvalue weighted by Gasteiger charge is 2.22. The van der Waals surface area contributed by atoms with Crippen molar-refractivity contribution in [3.8, 4) is 0 Å². The van der Waals surface area contributed by atoms with Gasteiger partial charge in [0.25, 0.3) is 0 Å². The van der Waals surface area contributed by atoms with Crippen LogP contribution in [0.2, 0.25) is 0 Å². The Morgan fingerprint density at radius 1 is 1.56 bits per heavy atom. The topological polar surface area (TPSA) is 67.1 Å². The van der Waals surface area contributed by atoms with E-state index in [0.29, 0.717) is 5.69 Å². The third kappa shape index (κ3) is 2.33. The zero-order chi connectivity index (χ0) is 11.5. The molecule has 1 heterocycles. The minimum atomic E-state index is 0.0577. The number of nitrogens with one attached hydrogen (secondary N) is 2. The molecule has 0 aromatic heterocycles. The van der Waals surface area contributed by atoms with Crippen LogP contribution in [0.4, 0.5) is 11.4 Å². The van der Waals surface area contributed by atoms with Crippen LogP contribution in [0.1, 0.15) is 12.0 Å². The molecule has 0 spiro atoms. The minimum absolute atomic E-state index is 0.0577. The lowest BCUT2D eigenvalue weighted by Gasteiger charge is -2.12. The summed E-state index contributed by atoms with van der Waals surface area (Å²) in [5.41, 5.74) is 8.23. The van der Waals surface area contributed by atoms with Crippen LogP contribution in [0.15, 0.2) is 18.2 Å². The zero-order valence-corrected chi connectivity index (χ0v) is 9.42. The van der Waals surface area contributed by atoms with Crippen LogP contribution in [0.3, 0.4) is 0 Å². The van der Waals surface area contributed by atoms with Crippen molar-refractivity contribution >= 4 is 17.3 Å². The molecule has 1 aliphatic heterocycles. The van der Waals surface area contributed by atoms with Gasteiger partial charge in [-0.2, -0.15) is 0 Å². The quantitative estimate of drug-likeness (QED) is 0.653. The molecule has 1 aromatic carbocycles. The molecule has 0 bridgehead atoms. The van der Waals surface area contributed by atoms with Gasteiger partial charge in [0.15, 0.2) is 0 Å². The van der Waals surface area contributed by atoms with Gasteiger partial charge in [-0.1, -0.05) is 6.07 Å². The Morgan fingerprint density at radius 2 is 2.38 bits per heavy atom. The number of nitrogen functional groups attached to an aromatic ring is 1. The minimum Gasteiger partial charge on any atom is -0.397 e. The number of hydrogen-bond acceptors (Lipinski definition) is 3. The first-order valence-electron chi connectivity index (χ1n) is 5.54. The van der Waals surface area contributed by atoms with Gasteiger partial charge in [-0.05, 0) is 37.6 Å². The number of hydrogen-bond donors (Lipinski definition) is 3. The van der Waals surface area contributed by atoms with E-state index < -0.39 is 0 Å². The third-order valence-corrected chi connectivity index (χ3v) is 2.90. The number of benzene rings is 1. The molecule has 0 saturated carbocycles. The first kappa shape index (κ1) is 11.0. The van der Waals surface area contributed by atoms with Crippen molar-refractivity contribution in [3.05, 3.63) is 23.8 Å². The fourth-order valence-corrected chi connectivity index (χ4v) is 1.89. The number of rotatable bonds is 2. The van der Waals surface area contributed by atoms with Gasteiger partial charge in [-0.3, -0.25) is 4.79 Å². The Kier molecular flexibility index (Phi) is 3.10. The van der Waals surface area contributed by atoms with E-state index in [1.54, 1.807) is 0 Å². The molecule has 4 N–H and O–H groups in total. The smallest absolute Gasteiger partial charge is 0.228 e. The molecular weight excluding hydrogens is 202 g/mol. The van der Waals surface area contributed by atoms with E-state index in [0.717, 1.165) is 30.8 Å². The second-order valence-electron chi connectivity index (χ2n) is 4.27. The van der Waals surface area contributed by atoms with Gasteiger partial charge in [-0.25, -0.2) is 0 Å². The molecule has 0 aliphatic carbocycles. The van der Waals surface area contributed by atoms with Gasteiger partial charge in [0.05, 0.1) is 17.3 Å². The predicted octanol–water partition coefficient (Wildman–Crippen LogP) is 1.13. The Morgan fingerprint density at radius 3 is 3.06 bits per heavy atom. The molecule has 16 heavy (non-hydrogen) atoms. The van der Waals surface area contributed by atoms with Crippen molar-refractivity contribution in [3.63, 3.8) is 0 Å². The van der Waals surface area contributed by atoms with Gasteiger partial charge in [-0.15, -0.1) is 0 Å². The molecule has 1 aliphatic rings. The number of carbonyl (C=O) groups is 1. The standard InChI is InChI=1S/C12H17N3O/c1-8-2-3-10(13)11(6-8)15-12(16)9-4-5-14-7-9/h2-3,6,9,14H,4-5,7,13H2,1H3,(H,15,16). The molecule has 4 nitrogen and oxygen atoms in total. The van der Waals surface area contributed by atoms with E-state index >= 15 is 0 Å². The predicted molar refractivity (Wildman–Crippen MR) is 65.2 cm³/mol. The maximum atomic E-state index is 11.9. The lowest BCUT2D eigenvalue weighted by molar-refractivity contribution is -0.119.